The Morgan fingerprint density at radius 1 is 0.754 bits per heavy atom. The Kier molecular flexibility index (Phi) is 12.0. The second-order valence-electron chi connectivity index (χ2n) is 20.1. The molecule has 4 aliphatic carbocycles. The van der Waals surface area contributed by atoms with Crippen LogP contribution in [0.3, 0.4) is 0 Å². The van der Waals surface area contributed by atoms with E-state index in [2.05, 4.69) is 33.4 Å². The molecular weight excluding hydrogens is 804 g/mol. The highest BCUT2D eigenvalue weighted by molar-refractivity contribution is 5.29. The molecule has 5 heterocycles. The summed E-state index contributed by atoms with van der Waals surface area (Å²) >= 11 is 0. The molecule has 5 aliphatic heterocycles. The van der Waals surface area contributed by atoms with Crippen molar-refractivity contribution in [3.8, 4) is 0 Å². The topological polar surface area (TPSA) is 276 Å². The molecule has 0 aromatic heterocycles. The quantitative estimate of drug-likeness (QED) is 0.134. The lowest BCUT2D eigenvalue weighted by atomic mass is 9.46. The van der Waals surface area contributed by atoms with Gasteiger partial charge in [-0.25, -0.2) is 0 Å². The third-order valence-corrected chi connectivity index (χ3v) is 16.9. The molecular formula is C43H66O18. The molecule has 9 aliphatic rings. The van der Waals surface area contributed by atoms with Crippen molar-refractivity contribution in [1.82, 2.24) is 0 Å². The van der Waals surface area contributed by atoms with Gasteiger partial charge in [0.15, 0.2) is 18.9 Å². The first-order chi connectivity index (χ1) is 28.8. The number of fused-ring (bicyclic) bond motifs is 7. The number of allylic oxidation sites excluding steroid dienone is 1. The summed E-state index contributed by atoms with van der Waals surface area (Å²) in [5.41, 5.74) is 0.715. The van der Waals surface area contributed by atoms with Crippen LogP contribution in [0.15, 0.2) is 23.8 Å². The fourth-order valence-corrected chi connectivity index (χ4v) is 13.5. The average Bonchev–Trinajstić information content (AvgIpc) is 3.68. The summed E-state index contributed by atoms with van der Waals surface area (Å²) < 4.78 is 49.9. The van der Waals surface area contributed by atoms with Gasteiger partial charge in [-0.05, 0) is 73.7 Å². The average molecular weight is 871 g/mol. The minimum atomic E-state index is -1.75. The largest absolute Gasteiger partial charge is 0.393 e. The summed E-state index contributed by atoms with van der Waals surface area (Å²) in [5, 5.41) is 108. The van der Waals surface area contributed by atoms with Gasteiger partial charge in [-0.15, -0.1) is 0 Å². The molecule has 0 radical (unpaired) electrons. The summed E-state index contributed by atoms with van der Waals surface area (Å²) in [7, 11) is 0. The third kappa shape index (κ3) is 6.97. The number of hydrogen-bond acceptors (Lipinski definition) is 18. The molecule has 18 nitrogen and oxygen atoms in total. The normalized spacial score (nSPS) is 58.4. The number of ether oxygens (including phenoxy) is 8. The standard InChI is InChI=1S/C43H66O18/c1-16-13-56-43(37(53)29(16)47)17(2)28-26(61-43)12-23-21-7-6-19-10-20(44)11-27(42(19,5)22(21)8-9-41(23,28)4)58-40-36(60-39-34(52)32(50)30(48)18(3)57-39)35(25(46)15-55-40)59-38-33(51)31(49)24(45)14-54-38/h6,17-18,20-40,44-53H,1,7-15H2,2-5H3/t17-,18-,20+,21+,22-,23-,24+,25-,26-,27+,28-,29-,30-,31-,32+,33+,34+,35-,36+,37-,38-,39-,40-,41-,42-,43-/m0/s1. The summed E-state index contributed by atoms with van der Waals surface area (Å²) in [6.45, 7) is 11.3. The van der Waals surface area contributed by atoms with Crippen molar-refractivity contribution < 1.29 is 89.0 Å². The van der Waals surface area contributed by atoms with Crippen LogP contribution in [0.5, 0.6) is 0 Å². The molecule has 26 atom stereocenters. The van der Waals surface area contributed by atoms with Crippen molar-refractivity contribution in [3.05, 3.63) is 23.8 Å². The van der Waals surface area contributed by atoms with E-state index in [0.717, 1.165) is 31.3 Å². The molecule has 9 rings (SSSR count). The minimum absolute atomic E-state index is 0.0673. The highest BCUT2D eigenvalue weighted by Crippen LogP contribution is 2.71. The molecule has 1 spiro atoms. The van der Waals surface area contributed by atoms with E-state index in [4.69, 9.17) is 37.9 Å². The zero-order valence-electron chi connectivity index (χ0n) is 35.2. The molecule has 18 heteroatoms. The Morgan fingerprint density at radius 3 is 2.20 bits per heavy atom. The van der Waals surface area contributed by atoms with Crippen LogP contribution < -0.4 is 0 Å². The molecule has 5 saturated heterocycles. The first-order valence-electron chi connectivity index (χ1n) is 22.2. The number of hydrogen-bond donors (Lipinski definition) is 10. The SMILES string of the molecule is C=C1CO[C@@]2(O[C@H]3C[C@H]4[C@@H]5CC=C6C[C@@H](O)C[C@@H](O[C@@H]7OC[C@H](O)[C@H](O[C@@H]8OC[C@@H](O)[C@H](O)[C@H]8O)[C@H]7O[C@@H]7O[C@@H](C)[C@H](O)[C@@H](O)[C@H]7O)[C@]6(C)[C@H]5CC[C@]4(C)[C@H]3[C@@H]2C)[C@@H](O)[C@H]1O. The van der Waals surface area contributed by atoms with Crippen molar-refractivity contribution in [2.75, 3.05) is 19.8 Å². The van der Waals surface area contributed by atoms with Gasteiger partial charge in [-0.3, -0.25) is 0 Å². The van der Waals surface area contributed by atoms with E-state index in [1.807, 2.05) is 0 Å². The Balaban J connectivity index is 0.995. The van der Waals surface area contributed by atoms with Gasteiger partial charge in [0.2, 0.25) is 5.79 Å². The van der Waals surface area contributed by atoms with Crippen LogP contribution in [0.2, 0.25) is 0 Å². The van der Waals surface area contributed by atoms with Crippen LogP contribution in [-0.2, 0) is 37.9 Å². The molecule has 0 aromatic rings. The molecule has 346 valence electrons. The van der Waals surface area contributed by atoms with Gasteiger partial charge in [-0.1, -0.05) is 39.0 Å². The van der Waals surface area contributed by atoms with Crippen LogP contribution >= 0.6 is 0 Å². The Morgan fingerprint density at radius 2 is 1.44 bits per heavy atom. The second kappa shape index (κ2) is 16.3. The maximum atomic E-state index is 11.4. The van der Waals surface area contributed by atoms with Gasteiger partial charge in [0.05, 0.1) is 44.2 Å². The molecule has 0 bridgehead atoms. The monoisotopic (exact) mass is 870 g/mol. The van der Waals surface area contributed by atoms with E-state index in [0.29, 0.717) is 12.0 Å². The molecule has 8 fully saturated rings. The molecule has 61 heavy (non-hydrogen) atoms. The van der Waals surface area contributed by atoms with Gasteiger partial charge in [0.1, 0.15) is 67.1 Å². The van der Waals surface area contributed by atoms with Gasteiger partial charge in [0, 0.05) is 17.8 Å². The molecule has 0 unspecified atom stereocenters. The molecule has 0 aromatic carbocycles. The highest BCUT2D eigenvalue weighted by atomic mass is 16.8. The lowest BCUT2D eigenvalue weighted by molar-refractivity contribution is -0.382. The number of rotatable bonds is 6. The smallest absolute Gasteiger partial charge is 0.200 e. The lowest BCUT2D eigenvalue weighted by Crippen LogP contribution is -2.65. The third-order valence-electron chi connectivity index (χ3n) is 16.9. The van der Waals surface area contributed by atoms with Crippen molar-refractivity contribution in [3.63, 3.8) is 0 Å². The van der Waals surface area contributed by atoms with Crippen LogP contribution in [0.4, 0.5) is 0 Å². The van der Waals surface area contributed by atoms with Crippen LogP contribution in [0.1, 0.15) is 66.2 Å². The Bertz CT molecular complexity index is 1670. The van der Waals surface area contributed by atoms with Crippen molar-refractivity contribution in [2.24, 2.45) is 40.4 Å². The van der Waals surface area contributed by atoms with E-state index in [1.54, 1.807) is 0 Å². The summed E-state index contributed by atoms with van der Waals surface area (Å²) in [4.78, 5) is 0. The minimum Gasteiger partial charge on any atom is -0.393 e. The fraction of sp³-hybridized carbons (Fsp3) is 0.907. The van der Waals surface area contributed by atoms with Crippen LogP contribution in [0, 0.1) is 40.4 Å². The lowest BCUT2D eigenvalue weighted by Gasteiger charge is -2.60. The Labute approximate surface area is 354 Å². The van der Waals surface area contributed by atoms with E-state index in [-0.39, 0.29) is 67.3 Å². The van der Waals surface area contributed by atoms with E-state index >= 15 is 0 Å². The van der Waals surface area contributed by atoms with Gasteiger partial charge >= 0.3 is 0 Å². The van der Waals surface area contributed by atoms with Gasteiger partial charge in [0.25, 0.3) is 0 Å². The maximum absolute atomic E-state index is 11.4. The van der Waals surface area contributed by atoms with Crippen LogP contribution in [0.25, 0.3) is 0 Å². The predicted octanol–water partition coefficient (Wildman–Crippen LogP) is -1.68. The first-order valence-corrected chi connectivity index (χ1v) is 22.2. The van der Waals surface area contributed by atoms with Gasteiger partial charge < -0.3 is 89.0 Å². The fourth-order valence-electron chi connectivity index (χ4n) is 13.5. The van der Waals surface area contributed by atoms with Gasteiger partial charge in [-0.2, -0.15) is 0 Å². The van der Waals surface area contributed by atoms with E-state index < -0.39 is 116 Å². The van der Waals surface area contributed by atoms with Crippen molar-refractivity contribution in [1.29, 1.82) is 0 Å². The van der Waals surface area contributed by atoms with E-state index in [1.165, 1.54) is 6.92 Å². The first kappa shape index (κ1) is 44.9. The predicted molar refractivity (Wildman–Crippen MR) is 206 cm³/mol. The number of aliphatic hydroxyl groups is 10. The molecule has 3 saturated carbocycles. The number of aliphatic hydroxyl groups excluding tert-OH is 10. The summed E-state index contributed by atoms with van der Waals surface area (Å²) in [6.07, 6.45) is -17.1. The van der Waals surface area contributed by atoms with Crippen molar-refractivity contribution in [2.45, 2.75) is 182 Å². The molecule has 10 N–H and O–H groups in total. The van der Waals surface area contributed by atoms with E-state index in [9.17, 15) is 51.1 Å². The molecule has 0 amide bonds. The Hall–Kier alpha value is -1.24. The maximum Gasteiger partial charge on any atom is 0.200 e. The van der Waals surface area contributed by atoms with Crippen molar-refractivity contribution >= 4 is 0 Å². The second-order valence-corrected chi connectivity index (χ2v) is 20.1. The zero-order valence-corrected chi connectivity index (χ0v) is 35.2. The zero-order chi connectivity index (χ0) is 43.7. The highest BCUT2D eigenvalue weighted by Gasteiger charge is 2.72. The van der Waals surface area contributed by atoms with Crippen LogP contribution in [-0.4, -0.2) is 187 Å². The summed E-state index contributed by atoms with van der Waals surface area (Å²) in [6, 6.07) is 0. The summed E-state index contributed by atoms with van der Waals surface area (Å²) in [5.74, 6) is -0.909.